The molecule has 0 atom stereocenters. The van der Waals surface area contributed by atoms with Crippen LogP contribution in [-0.4, -0.2) is 15.0 Å². The van der Waals surface area contributed by atoms with Crippen molar-refractivity contribution in [2.75, 3.05) is 0 Å². The van der Waals surface area contributed by atoms with Crippen molar-refractivity contribution in [1.29, 1.82) is 0 Å². The first-order valence-corrected chi connectivity index (χ1v) is 22.9. The predicted molar refractivity (Wildman–Crippen MR) is 274 cm³/mol. The topological polar surface area (TPSA) is 38.7 Å². The van der Waals surface area contributed by atoms with E-state index in [0.29, 0.717) is 22.4 Å². The monoisotopic (exact) mass is 1060 g/mol. The van der Waals surface area contributed by atoms with Gasteiger partial charge in [0.05, 0.1) is 0 Å². The van der Waals surface area contributed by atoms with E-state index in [1.54, 1.807) is 6.07 Å². The third-order valence-corrected chi connectivity index (χ3v) is 12.6. The van der Waals surface area contributed by atoms with E-state index >= 15 is 0 Å². The zero-order valence-electron chi connectivity index (χ0n) is 41.3. The standard InChI is InChI=1S/C64H48N3.Ir/c1-2-11-49(12-3-1)50-31-33-51(34-32-50)61-42-55(64-43-54-13-10-14-56(54)44-67-64)35-36-60(61)59-16-5-4-15-58(59)57-40-47(21-19-45-23-27-52(28-24-45)62-17-6-8-37-65-62)39-48(41-57)22-20-46-25-29-53(30-26-46)63-18-7-9-38-66-63;/h1-9,11-12,15-18,23-27,29,31-34,36-44H,10,13-14,19-22H2;/q-3;+3/i13D2,14D2;. The van der Waals surface area contributed by atoms with Crippen LogP contribution in [0.25, 0.3) is 78.3 Å². The molecule has 0 spiro atoms. The summed E-state index contributed by atoms with van der Waals surface area (Å²) in [6.45, 7) is 0. The minimum atomic E-state index is -1.81. The fraction of sp³-hybridized carbons (Fsp3) is 0.109. The van der Waals surface area contributed by atoms with Gasteiger partial charge in [-0.25, -0.2) is 0 Å². The van der Waals surface area contributed by atoms with Gasteiger partial charge in [0.1, 0.15) is 0 Å². The molecule has 68 heavy (non-hydrogen) atoms. The van der Waals surface area contributed by atoms with E-state index < -0.39 is 12.7 Å². The molecule has 0 amide bonds. The zero-order valence-corrected chi connectivity index (χ0v) is 39.7. The molecule has 0 unspecified atom stereocenters. The van der Waals surface area contributed by atoms with Gasteiger partial charge >= 0.3 is 20.1 Å². The van der Waals surface area contributed by atoms with Crippen molar-refractivity contribution in [3.8, 4) is 78.3 Å². The van der Waals surface area contributed by atoms with E-state index in [1.807, 2.05) is 60.9 Å². The minimum absolute atomic E-state index is 0. The Labute approximate surface area is 419 Å². The number of rotatable bonds is 13. The first-order chi connectivity index (χ1) is 34.6. The number of nitrogens with zero attached hydrogens (tertiary/aromatic N) is 3. The SMILES string of the molecule is [2H]C1([2H])CC([2H])([2H])c2cc(-c3[c-]cc(-c4ccccc4-c4cc(CCc5c[c-]c(-c6ccccn6)cc5)cc(CCc5c[c-]c(-c6ccccn6)cc5)c4)c(-c4ccc(-c5ccccc5)cc4)c3)ncc21.[Ir+3]. The van der Waals surface area contributed by atoms with Crippen LogP contribution in [0, 0.1) is 18.2 Å². The van der Waals surface area contributed by atoms with Gasteiger partial charge in [-0.2, -0.15) is 0 Å². The van der Waals surface area contributed by atoms with Gasteiger partial charge in [0.25, 0.3) is 0 Å². The van der Waals surface area contributed by atoms with E-state index in [2.05, 4.69) is 162 Å². The summed E-state index contributed by atoms with van der Waals surface area (Å²) in [6, 6.07) is 75.7. The van der Waals surface area contributed by atoms with E-state index in [-0.39, 0.29) is 26.5 Å². The Morgan fingerprint density at radius 2 is 0.941 bits per heavy atom. The molecule has 0 radical (unpaired) electrons. The molecule has 328 valence electrons. The summed E-state index contributed by atoms with van der Waals surface area (Å²) in [5, 5.41) is 0. The molecule has 4 heteroatoms. The summed E-state index contributed by atoms with van der Waals surface area (Å²) in [6.07, 6.45) is 4.70. The Morgan fingerprint density at radius 3 is 1.56 bits per heavy atom. The molecule has 0 aliphatic heterocycles. The molecular weight excluding hydrogens is 1000 g/mol. The van der Waals surface area contributed by atoms with Crippen LogP contribution in [0.5, 0.6) is 0 Å². The quantitative estimate of drug-likeness (QED) is 0.108. The summed E-state index contributed by atoms with van der Waals surface area (Å²) in [5.74, 6) is 0. The number of aryl methyl sites for hydroxylation is 6. The molecule has 1 aliphatic carbocycles. The van der Waals surface area contributed by atoms with Crippen molar-refractivity contribution in [3.05, 3.63) is 258 Å². The molecule has 3 heterocycles. The van der Waals surface area contributed by atoms with Crippen LogP contribution < -0.4 is 0 Å². The number of benzene rings is 7. The molecule has 0 saturated carbocycles. The van der Waals surface area contributed by atoms with Crippen molar-refractivity contribution in [2.45, 2.75) is 44.8 Å². The van der Waals surface area contributed by atoms with Crippen LogP contribution in [0.15, 0.2) is 207 Å². The van der Waals surface area contributed by atoms with Crippen molar-refractivity contribution in [3.63, 3.8) is 0 Å². The Balaban J connectivity index is 0.00000596. The van der Waals surface area contributed by atoms with Gasteiger partial charge in [-0.05, 0) is 106 Å². The van der Waals surface area contributed by atoms with Gasteiger partial charge in [0, 0.05) is 24.1 Å². The molecule has 3 nitrogen and oxygen atoms in total. The summed E-state index contributed by atoms with van der Waals surface area (Å²) in [4.78, 5) is 13.8. The molecule has 1 aliphatic rings. The van der Waals surface area contributed by atoms with Gasteiger partial charge in [-0.15, -0.1) is 94.5 Å². The zero-order chi connectivity index (χ0) is 48.4. The van der Waals surface area contributed by atoms with Crippen LogP contribution in [0.2, 0.25) is 0 Å². The molecule has 0 saturated heterocycles. The second-order valence-electron chi connectivity index (χ2n) is 17.0. The van der Waals surface area contributed by atoms with Crippen LogP contribution in [-0.2, 0) is 58.5 Å². The first kappa shape index (κ1) is 39.8. The number of pyridine rings is 3. The Hall–Kier alpha value is -7.36. The number of hydrogen-bond donors (Lipinski definition) is 0. The number of aromatic nitrogens is 3. The van der Waals surface area contributed by atoms with E-state index in [1.165, 1.54) is 28.5 Å². The molecule has 7 aromatic carbocycles. The average molecular weight is 1060 g/mol. The molecule has 0 N–H and O–H groups in total. The van der Waals surface area contributed by atoms with Crippen LogP contribution in [0.1, 0.15) is 45.3 Å². The summed E-state index contributed by atoms with van der Waals surface area (Å²) < 4.78 is 34.5. The largest absolute Gasteiger partial charge is 3.00 e. The van der Waals surface area contributed by atoms with Crippen molar-refractivity contribution in [2.24, 2.45) is 0 Å². The Morgan fingerprint density at radius 1 is 0.382 bits per heavy atom. The smallest absolute Gasteiger partial charge is 0.305 e. The molecule has 0 fully saturated rings. The maximum absolute atomic E-state index is 8.73. The normalized spacial score (nSPS) is 14.1. The maximum Gasteiger partial charge on any atom is 3.00 e. The van der Waals surface area contributed by atoms with Gasteiger partial charge in [0.15, 0.2) is 0 Å². The van der Waals surface area contributed by atoms with Crippen LogP contribution in [0.3, 0.4) is 0 Å². The summed E-state index contributed by atoms with van der Waals surface area (Å²) in [7, 11) is 0. The fourth-order valence-corrected chi connectivity index (χ4v) is 9.04. The minimum Gasteiger partial charge on any atom is -0.305 e. The van der Waals surface area contributed by atoms with Gasteiger partial charge < -0.3 is 15.0 Å². The third kappa shape index (κ3) is 9.99. The van der Waals surface area contributed by atoms with Crippen LogP contribution >= 0.6 is 0 Å². The third-order valence-electron chi connectivity index (χ3n) is 12.6. The molecule has 11 rings (SSSR count). The van der Waals surface area contributed by atoms with Crippen LogP contribution in [0.4, 0.5) is 0 Å². The predicted octanol–water partition coefficient (Wildman–Crippen LogP) is 15.0. The van der Waals surface area contributed by atoms with Crippen molar-refractivity contribution < 1.29 is 25.6 Å². The summed E-state index contributed by atoms with van der Waals surface area (Å²) >= 11 is 0. The van der Waals surface area contributed by atoms with Gasteiger partial charge in [0.2, 0.25) is 0 Å². The first-order valence-electron chi connectivity index (χ1n) is 24.9. The fourth-order valence-electron chi connectivity index (χ4n) is 9.04. The second-order valence-corrected chi connectivity index (χ2v) is 17.0. The molecule has 10 aromatic rings. The van der Waals surface area contributed by atoms with E-state index in [9.17, 15) is 0 Å². The molecular formula is C64H48IrN3. The van der Waals surface area contributed by atoms with E-state index in [4.69, 9.17) is 10.5 Å². The van der Waals surface area contributed by atoms with Gasteiger partial charge in [-0.3, -0.25) is 0 Å². The molecule has 3 aromatic heterocycles. The number of hydrogen-bond acceptors (Lipinski definition) is 3. The van der Waals surface area contributed by atoms with Crippen molar-refractivity contribution >= 4 is 0 Å². The Kier molecular flexibility index (Phi) is 12.1. The maximum atomic E-state index is 8.73. The number of fused-ring (bicyclic) bond motifs is 1. The van der Waals surface area contributed by atoms with Gasteiger partial charge in [-0.1, -0.05) is 162 Å². The molecule has 0 bridgehead atoms. The van der Waals surface area contributed by atoms with E-state index in [0.717, 1.165) is 92.7 Å². The Bertz CT molecular complexity index is 3370. The average Bonchev–Trinajstić information content (AvgIpc) is 3.62. The van der Waals surface area contributed by atoms with Crippen molar-refractivity contribution in [1.82, 2.24) is 15.0 Å². The second kappa shape index (κ2) is 20.7. The summed E-state index contributed by atoms with van der Waals surface area (Å²) in [5.41, 5.74) is 19.2.